The van der Waals surface area contributed by atoms with E-state index in [2.05, 4.69) is 15.8 Å². The Kier molecular flexibility index (Phi) is 6.68. The quantitative estimate of drug-likeness (QED) is 0.484. The van der Waals surface area contributed by atoms with E-state index < -0.39 is 17.7 Å². The third kappa shape index (κ3) is 5.49. The highest BCUT2D eigenvalue weighted by molar-refractivity contribution is 6.30. The van der Waals surface area contributed by atoms with Crippen LogP contribution in [-0.4, -0.2) is 29.8 Å². The number of hydrogen-bond donors (Lipinski definition) is 3. The second-order valence-electron chi connectivity index (χ2n) is 6.15. The lowest BCUT2D eigenvalue weighted by Crippen LogP contribution is -2.28. The van der Waals surface area contributed by atoms with Crippen molar-refractivity contribution in [3.05, 3.63) is 82.5 Å². The third-order valence-electron chi connectivity index (χ3n) is 4.09. The summed E-state index contributed by atoms with van der Waals surface area (Å²) in [7, 11) is 1.45. The molecule has 4 N–H and O–H groups in total. The van der Waals surface area contributed by atoms with Crippen LogP contribution in [0.15, 0.2) is 60.8 Å². The maximum Gasteiger partial charge on any atom is 0.283 e. The maximum absolute atomic E-state index is 12.7. The van der Waals surface area contributed by atoms with Crippen molar-refractivity contribution in [2.45, 2.75) is 0 Å². The molecule has 0 fully saturated rings. The van der Waals surface area contributed by atoms with Gasteiger partial charge in [0.25, 0.3) is 11.8 Å². The number of benzene rings is 2. The number of nitrogens with one attached hydrogen (secondary N) is 2. The van der Waals surface area contributed by atoms with Gasteiger partial charge in [-0.3, -0.25) is 14.4 Å². The van der Waals surface area contributed by atoms with Gasteiger partial charge < -0.3 is 20.6 Å². The van der Waals surface area contributed by atoms with E-state index in [4.69, 9.17) is 26.9 Å². The van der Waals surface area contributed by atoms with Crippen molar-refractivity contribution in [1.82, 2.24) is 10.5 Å². The van der Waals surface area contributed by atoms with E-state index in [-0.39, 0.29) is 28.3 Å². The van der Waals surface area contributed by atoms with Gasteiger partial charge in [-0.15, -0.1) is 0 Å². The summed E-state index contributed by atoms with van der Waals surface area (Å²) in [5.74, 6) is -0.959. The number of hydroxylamine groups is 1. The number of hydrogen-bond acceptors (Lipinski definition) is 6. The Labute approximate surface area is 182 Å². The zero-order valence-corrected chi connectivity index (χ0v) is 17.0. The van der Waals surface area contributed by atoms with Crippen LogP contribution in [0.5, 0.6) is 11.5 Å². The summed E-state index contributed by atoms with van der Waals surface area (Å²) in [6.07, 6.45) is 1.39. The Balaban J connectivity index is 1.75. The number of aromatic nitrogens is 1. The predicted molar refractivity (Wildman–Crippen MR) is 113 cm³/mol. The fourth-order valence-corrected chi connectivity index (χ4v) is 2.59. The number of pyridine rings is 1. The van der Waals surface area contributed by atoms with Crippen molar-refractivity contribution in [3.8, 4) is 11.5 Å². The predicted octanol–water partition coefficient (Wildman–Crippen LogP) is 2.82. The Morgan fingerprint density at radius 1 is 0.968 bits per heavy atom. The smallest absolute Gasteiger partial charge is 0.283 e. The second kappa shape index (κ2) is 9.59. The molecule has 3 aromatic rings. The highest BCUT2D eigenvalue weighted by atomic mass is 35.5. The molecule has 0 saturated carbocycles. The molecule has 1 aromatic heterocycles. The van der Waals surface area contributed by atoms with Gasteiger partial charge in [-0.2, -0.15) is 5.48 Å². The number of carbonyl (C=O) groups is 3. The van der Waals surface area contributed by atoms with E-state index in [1.807, 2.05) is 0 Å². The zero-order chi connectivity index (χ0) is 22.4. The van der Waals surface area contributed by atoms with E-state index in [9.17, 15) is 14.4 Å². The molecule has 31 heavy (non-hydrogen) atoms. The average molecular weight is 441 g/mol. The van der Waals surface area contributed by atoms with Crippen LogP contribution in [0.2, 0.25) is 5.02 Å². The Hall–Kier alpha value is -4.11. The molecule has 3 rings (SSSR count). The molecule has 0 saturated heterocycles. The molecule has 0 unspecified atom stereocenters. The van der Waals surface area contributed by atoms with Crippen LogP contribution in [-0.2, 0) is 0 Å². The first-order valence-electron chi connectivity index (χ1n) is 8.85. The lowest BCUT2D eigenvalue weighted by Gasteiger charge is -2.13. The first kappa shape index (κ1) is 21.6. The van der Waals surface area contributed by atoms with E-state index in [1.165, 1.54) is 49.7 Å². The van der Waals surface area contributed by atoms with Gasteiger partial charge in [-0.1, -0.05) is 11.6 Å². The molecule has 0 atom stereocenters. The van der Waals surface area contributed by atoms with Gasteiger partial charge >= 0.3 is 0 Å². The lowest BCUT2D eigenvalue weighted by molar-refractivity contribution is 0.0753. The molecule has 0 aliphatic carbocycles. The van der Waals surface area contributed by atoms with Gasteiger partial charge in [0.15, 0.2) is 5.75 Å². The highest BCUT2D eigenvalue weighted by Gasteiger charge is 2.17. The van der Waals surface area contributed by atoms with Gasteiger partial charge in [-0.05, 0) is 54.6 Å². The summed E-state index contributed by atoms with van der Waals surface area (Å²) < 4.78 is 5.16. The molecule has 0 aliphatic rings. The Morgan fingerprint density at radius 3 is 2.29 bits per heavy atom. The topological polar surface area (TPSA) is 133 Å². The van der Waals surface area contributed by atoms with Gasteiger partial charge in [0.05, 0.1) is 17.7 Å². The van der Waals surface area contributed by atoms with E-state index in [0.29, 0.717) is 10.8 Å². The molecule has 9 nitrogen and oxygen atoms in total. The van der Waals surface area contributed by atoms with Crippen molar-refractivity contribution in [1.29, 1.82) is 0 Å². The van der Waals surface area contributed by atoms with Gasteiger partial charge in [-0.25, -0.2) is 4.98 Å². The molecule has 3 amide bonds. The van der Waals surface area contributed by atoms with Crippen LogP contribution in [0.4, 0.5) is 5.82 Å². The number of primary amides is 1. The minimum Gasteiger partial charge on any atom is -0.497 e. The average Bonchev–Trinajstić information content (AvgIpc) is 2.78. The monoisotopic (exact) mass is 440 g/mol. The molecule has 158 valence electrons. The molecule has 0 bridgehead atoms. The van der Waals surface area contributed by atoms with Crippen molar-refractivity contribution in [2.75, 3.05) is 12.4 Å². The molecule has 2 aromatic carbocycles. The van der Waals surface area contributed by atoms with Crippen LogP contribution < -0.4 is 26.1 Å². The van der Waals surface area contributed by atoms with E-state index >= 15 is 0 Å². The fraction of sp³-hybridized carbons (Fsp3) is 0.0476. The number of ether oxygens (including phenoxy) is 1. The van der Waals surface area contributed by atoms with Crippen LogP contribution >= 0.6 is 11.6 Å². The number of nitrogens with zero attached hydrogens (tertiary/aromatic N) is 1. The molecule has 0 aliphatic heterocycles. The number of anilines is 1. The largest absolute Gasteiger partial charge is 0.497 e. The molecular formula is C21H17ClN4O5. The van der Waals surface area contributed by atoms with Gasteiger partial charge in [0.1, 0.15) is 11.6 Å². The summed E-state index contributed by atoms with van der Waals surface area (Å²) >= 11 is 5.80. The summed E-state index contributed by atoms with van der Waals surface area (Å²) in [5.41, 5.74) is 8.04. The van der Waals surface area contributed by atoms with Crippen LogP contribution in [0, 0.1) is 0 Å². The standard InChI is InChI=1S/C21H17ClN4O5/c1-30-15-7-8-17(16(10-15)21(29)25-18-9-6-14(22)11-24-18)31-26-20(28)13-4-2-12(3-5-13)19(23)27/h2-11H,1H3,(H2,23,27)(H,26,28)(H,24,25,29). The first-order valence-corrected chi connectivity index (χ1v) is 9.23. The third-order valence-corrected chi connectivity index (χ3v) is 4.31. The molecule has 0 radical (unpaired) electrons. The van der Waals surface area contributed by atoms with Crippen molar-refractivity contribution < 1.29 is 24.0 Å². The fourth-order valence-electron chi connectivity index (χ4n) is 2.48. The van der Waals surface area contributed by atoms with E-state index in [0.717, 1.165) is 0 Å². The van der Waals surface area contributed by atoms with Crippen molar-refractivity contribution in [2.24, 2.45) is 5.73 Å². The second-order valence-corrected chi connectivity index (χ2v) is 6.59. The van der Waals surface area contributed by atoms with Crippen LogP contribution in [0.3, 0.4) is 0 Å². The molecule has 0 spiro atoms. The van der Waals surface area contributed by atoms with Gasteiger partial charge in [0, 0.05) is 17.3 Å². The summed E-state index contributed by atoms with van der Waals surface area (Å²) in [5, 5.41) is 3.04. The molecule has 10 heteroatoms. The molecule has 1 heterocycles. The van der Waals surface area contributed by atoms with Crippen molar-refractivity contribution in [3.63, 3.8) is 0 Å². The Bertz CT molecular complexity index is 1120. The van der Waals surface area contributed by atoms with E-state index in [1.54, 1.807) is 18.2 Å². The number of amides is 3. The molecular weight excluding hydrogens is 424 g/mol. The minimum atomic E-state index is -0.604. The summed E-state index contributed by atoms with van der Waals surface area (Å²) in [6, 6.07) is 13.3. The van der Waals surface area contributed by atoms with Crippen LogP contribution in [0.1, 0.15) is 31.1 Å². The SMILES string of the molecule is COc1ccc(ONC(=O)c2ccc(C(N)=O)cc2)c(C(=O)Nc2ccc(Cl)cn2)c1. The maximum atomic E-state index is 12.7. The number of rotatable bonds is 7. The first-order chi connectivity index (χ1) is 14.9. The Morgan fingerprint density at radius 2 is 1.68 bits per heavy atom. The number of halogens is 1. The highest BCUT2D eigenvalue weighted by Crippen LogP contribution is 2.25. The minimum absolute atomic E-state index is 0.0781. The normalized spacial score (nSPS) is 10.1. The number of nitrogens with two attached hydrogens (primary N) is 1. The summed E-state index contributed by atoms with van der Waals surface area (Å²) in [4.78, 5) is 45.6. The zero-order valence-electron chi connectivity index (χ0n) is 16.2. The van der Waals surface area contributed by atoms with Gasteiger partial charge in [0.2, 0.25) is 5.91 Å². The summed E-state index contributed by atoms with van der Waals surface area (Å²) in [6.45, 7) is 0. The van der Waals surface area contributed by atoms with Crippen LogP contribution in [0.25, 0.3) is 0 Å². The number of carbonyl (C=O) groups excluding carboxylic acids is 3. The number of methoxy groups -OCH3 is 1. The van der Waals surface area contributed by atoms with Crippen molar-refractivity contribution >= 4 is 35.1 Å². The lowest BCUT2D eigenvalue weighted by atomic mass is 10.1.